The van der Waals surface area contributed by atoms with E-state index in [-0.39, 0.29) is 25.0 Å². The molecule has 0 bridgehead atoms. The van der Waals surface area contributed by atoms with Gasteiger partial charge in [-0.1, -0.05) is 12.2 Å². The van der Waals surface area contributed by atoms with Gasteiger partial charge in [-0.3, -0.25) is 14.4 Å². The smallest absolute Gasteiger partial charge is 0.237 e. The molecule has 0 radical (unpaired) electrons. The molecular weight excluding hydrogens is 224 g/mol. The third-order valence-corrected chi connectivity index (χ3v) is 2.44. The molecule has 0 aromatic heterocycles. The van der Waals surface area contributed by atoms with Crippen LogP contribution in [0.4, 0.5) is 0 Å². The molecule has 0 aromatic carbocycles. The Hall–Kier alpha value is -1.89. The van der Waals surface area contributed by atoms with Crippen molar-refractivity contribution < 1.29 is 14.4 Å². The first kappa shape index (κ1) is 13.2. The van der Waals surface area contributed by atoms with Gasteiger partial charge in [0.1, 0.15) is 0 Å². The molecule has 0 fully saturated rings. The number of primary amides is 2. The molecule has 7 nitrogen and oxygen atoms in total. The van der Waals surface area contributed by atoms with E-state index >= 15 is 0 Å². The van der Waals surface area contributed by atoms with E-state index in [2.05, 4.69) is 0 Å². The predicted molar refractivity (Wildman–Crippen MR) is 60.2 cm³/mol. The zero-order valence-electron chi connectivity index (χ0n) is 9.33. The normalized spacial score (nSPS) is 22.4. The van der Waals surface area contributed by atoms with Gasteiger partial charge in [0, 0.05) is 6.04 Å². The monoisotopic (exact) mass is 240 g/mol. The summed E-state index contributed by atoms with van der Waals surface area (Å²) >= 11 is 0. The molecule has 2 atom stereocenters. The molecule has 0 heterocycles. The Labute approximate surface area is 98.6 Å². The van der Waals surface area contributed by atoms with Crippen molar-refractivity contribution in [2.45, 2.75) is 12.5 Å². The molecule has 0 aromatic rings. The Balaban J connectivity index is 2.68. The van der Waals surface area contributed by atoms with Gasteiger partial charge >= 0.3 is 0 Å². The fourth-order valence-corrected chi connectivity index (χ4v) is 1.73. The lowest BCUT2D eigenvalue weighted by Gasteiger charge is -2.22. The minimum Gasteiger partial charge on any atom is -0.368 e. The lowest BCUT2D eigenvalue weighted by atomic mass is 10.1. The van der Waals surface area contributed by atoms with Crippen LogP contribution in [0, 0.1) is 5.92 Å². The number of hydrogen-bond acceptors (Lipinski definition) is 4. The number of carbonyl (C=O) groups excluding carboxylic acids is 3. The molecule has 17 heavy (non-hydrogen) atoms. The number of amides is 3. The van der Waals surface area contributed by atoms with Crippen LogP contribution < -0.4 is 17.2 Å². The highest BCUT2D eigenvalue weighted by atomic mass is 16.2. The lowest BCUT2D eigenvalue weighted by molar-refractivity contribution is -0.140. The molecule has 0 spiro atoms. The maximum absolute atomic E-state index is 12.0. The van der Waals surface area contributed by atoms with E-state index in [1.54, 1.807) is 12.2 Å². The van der Waals surface area contributed by atoms with E-state index in [0.29, 0.717) is 6.42 Å². The van der Waals surface area contributed by atoms with Crippen LogP contribution in [-0.2, 0) is 14.4 Å². The predicted octanol–water partition coefficient (Wildman–Crippen LogP) is -2.31. The highest BCUT2D eigenvalue weighted by Gasteiger charge is 2.28. The highest BCUT2D eigenvalue weighted by Crippen LogP contribution is 2.18. The number of rotatable bonds is 5. The van der Waals surface area contributed by atoms with E-state index in [4.69, 9.17) is 17.2 Å². The quantitative estimate of drug-likeness (QED) is 0.465. The summed E-state index contributed by atoms with van der Waals surface area (Å²) in [6.45, 7) is -0.636. The summed E-state index contributed by atoms with van der Waals surface area (Å²) in [5.74, 6) is -2.15. The first-order valence-corrected chi connectivity index (χ1v) is 5.19. The van der Waals surface area contributed by atoms with Crippen LogP contribution in [0.15, 0.2) is 12.2 Å². The van der Waals surface area contributed by atoms with Gasteiger partial charge in [0.05, 0.1) is 19.0 Å². The second-order valence-corrected chi connectivity index (χ2v) is 4.02. The van der Waals surface area contributed by atoms with Crippen molar-refractivity contribution in [2.75, 3.05) is 13.1 Å². The van der Waals surface area contributed by atoms with Crippen LogP contribution in [0.3, 0.4) is 0 Å². The average Bonchev–Trinajstić information content (AvgIpc) is 2.61. The van der Waals surface area contributed by atoms with E-state index in [0.717, 1.165) is 4.90 Å². The SMILES string of the molecule is NC(=O)CN(CC(N)=O)C(=O)C1C=CC(N)C1. The molecule has 2 unspecified atom stereocenters. The molecule has 1 aliphatic rings. The summed E-state index contributed by atoms with van der Waals surface area (Å²) in [6, 6.07) is -0.173. The molecule has 1 aliphatic carbocycles. The first-order valence-electron chi connectivity index (χ1n) is 5.19. The number of hydrogen-bond donors (Lipinski definition) is 3. The van der Waals surface area contributed by atoms with Crippen molar-refractivity contribution in [3.8, 4) is 0 Å². The first-order chi connectivity index (χ1) is 7.90. The molecule has 3 amide bonds. The van der Waals surface area contributed by atoms with Gasteiger partial charge < -0.3 is 22.1 Å². The summed E-state index contributed by atoms with van der Waals surface area (Å²) in [5, 5.41) is 0. The topological polar surface area (TPSA) is 133 Å². The Morgan fingerprint density at radius 2 is 1.65 bits per heavy atom. The molecule has 0 aliphatic heterocycles. The van der Waals surface area contributed by atoms with Gasteiger partial charge in [0.25, 0.3) is 0 Å². The summed E-state index contributed by atoms with van der Waals surface area (Å²) in [4.78, 5) is 34.6. The molecule has 7 heteroatoms. The standard InChI is InChI=1S/C10H16N4O3/c11-7-2-1-6(3-7)10(17)14(4-8(12)15)5-9(13)16/h1-2,6-7H,3-5,11H2,(H2,12,15)(H2,13,16). The molecule has 0 saturated carbocycles. The number of carbonyl (C=O) groups is 3. The van der Waals surface area contributed by atoms with E-state index in [1.807, 2.05) is 0 Å². The Kier molecular flexibility index (Phi) is 4.22. The molecule has 6 N–H and O–H groups in total. The number of nitrogens with zero attached hydrogens (tertiary/aromatic N) is 1. The minimum atomic E-state index is -0.689. The number of nitrogens with two attached hydrogens (primary N) is 3. The van der Waals surface area contributed by atoms with Crippen LogP contribution in [0.25, 0.3) is 0 Å². The largest absolute Gasteiger partial charge is 0.368 e. The third kappa shape index (κ3) is 3.87. The van der Waals surface area contributed by atoms with Gasteiger partial charge in [-0.2, -0.15) is 0 Å². The molecule has 1 rings (SSSR count). The molecule has 94 valence electrons. The van der Waals surface area contributed by atoms with E-state index in [1.165, 1.54) is 0 Å². The van der Waals surface area contributed by atoms with E-state index < -0.39 is 17.7 Å². The van der Waals surface area contributed by atoms with Crippen molar-refractivity contribution in [3.63, 3.8) is 0 Å². The second-order valence-electron chi connectivity index (χ2n) is 4.02. The van der Waals surface area contributed by atoms with Crippen LogP contribution in [0.2, 0.25) is 0 Å². The van der Waals surface area contributed by atoms with Crippen molar-refractivity contribution in [1.29, 1.82) is 0 Å². The van der Waals surface area contributed by atoms with Crippen LogP contribution in [-0.4, -0.2) is 41.8 Å². The van der Waals surface area contributed by atoms with Gasteiger partial charge in [-0.05, 0) is 6.42 Å². The maximum Gasteiger partial charge on any atom is 0.237 e. The van der Waals surface area contributed by atoms with Crippen LogP contribution in [0.5, 0.6) is 0 Å². The Morgan fingerprint density at radius 3 is 2.00 bits per heavy atom. The van der Waals surface area contributed by atoms with Gasteiger partial charge in [-0.15, -0.1) is 0 Å². The summed E-state index contributed by atoms with van der Waals surface area (Å²) < 4.78 is 0. The summed E-state index contributed by atoms with van der Waals surface area (Å²) in [7, 11) is 0. The van der Waals surface area contributed by atoms with Crippen LogP contribution in [0.1, 0.15) is 6.42 Å². The zero-order valence-corrected chi connectivity index (χ0v) is 9.33. The maximum atomic E-state index is 12.0. The molecule has 0 saturated heterocycles. The third-order valence-electron chi connectivity index (χ3n) is 2.44. The van der Waals surface area contributed by atoms with Gasteiger partial charge in [0.2, 0.25) is 17.7 Å². The van der Waals surface area contributed by atoms with Crippen LogP contribution >= 0.6 is 0 Å². The summed E-state index contributed by atoms with van der Waals surface area (Å²) in [5.41, 5.74) is 15.6. The lowest BCUT2D eigenvalue weighted by Crippen LogP contribution is -2.45. The van der Waals surface area contributed by atoms with E-state index in [9.17, 15) is 14.4 Å². The van der Waals surface area contributed by atoms with Gasteiger partial charge in [-0.25, -0.2) is 0 Å². The zero-order chi connectivity index (χ0) is 13.0. The fraction of sp³-hybridized carbons (Fsp3) is 0.500. The van der Waals surface area contributed by atoms with Gasteiger partial charge in [0.15, 0.2) is 0 Å². The Morgan fingerprint density at radius 1 is 1.12 bits per heavy atom. The second kappa shape index (κ2) is 5.44. The van der Waals surface area contributed by atoms with Crippen molar-refractivity contribution in [2.24, 2.45) is 23.1 Å². The Bertz CT molecular complexity index is 351. The van der Waals surface area contributed by atoms with Crippen molar-refractivity contribution >= 4 is 17.7 Å². The van der Waals surface area contributed by atoms with Crippen molar-refractivity contribution in [3.05, 3.63) is 12.2 Å². The highest BCUT2D eigenvalue weighted by molar-refractivity contribution is 5.90. The summed E-state index contributed by atoms with van der Waals surface area (Å²) in [6.07, 6.45) is 3.85. The molecular formula is C10H16N4O3. The average molecular weight is 240 g/mol. The minimum absolute atomic E-state index is 0.173. The fourth-order valence-electron chi connectivity index (χ4n) is 1.73. The van der Waals surface area contributed by atoms with Crippen molar-refractivity contribution in [1.82, 2.24) is 4.90 Å².